The minimum atomic E-state index is 0.352. The third-order valence-electron chi connectivity index (χ3n) is 3.17. The number of nitrogens with one attached hydrogen (secondary N) is 1. The van der Waals surface area contributed by atoms with Crippen molar-refractivity contribution in [1.29, 1.82) is 0 Å². The number of halogens is 1. The lowest BCUT2D eigenvalue weighted by molar-refractivity contribution is 0.0996. The maximum absolute atomic E-state index is 5.63. The van der Waals surface area contributed by atoms with Crippen LogP contribution in [0, 0.1) is 0 Å². The number of hydrogen-bond donors (Lipinski definition) is 2. The molecular formula is C12H19BrN2OS. The molecule has 1 aliphatic rings. The summed E-state index contributed by atoms with van der Waals surface area (Å²) in [5.41, 5.74) is 2.92. The summed E-state index contributed by atoms with van der Waals surface area (Å²) in [5.74, 6) is 5.61. The third kappa shape index (κ3) is 4.34. The summed E-state index contributed by atoms with van der Waals surface area (Å²) in [6.07, 6.45) is 6.07. The molecule has 1 aromatic rings. The summed E-state index contributed by atoms with van der Waals surface area (Å²) < 4.78 is 6.81. The highest BCUT2D eigenvalue weighted by Gasteiger charge is 2.18. The van der Waals surface area contributed by atoms with Crippen molar-refractivity contribution < 1.29 is 4.74 Å². The molecule has 0 bridgehead atoms. The van der Waals surface area contributed by atoms with E-state index in [-0.39, 0.29) is 0 Å². The van der Waals surface area contributed by atoms with E-state index < -0.39 is 0 Å². The van der Waals surface area contributed by atoms with Gasteiger partial charge in [0.25, 0.3) is 0 Å². The van der Waals surface area contributed by atoms with Crippen LogP contribution in [0.1, 0.15) is 30.6 Å². The van der Waals surface area contributed by atoms with E-state index in [1.807, 2.05) is 0 Å². The van der Waals surface area contributed by atoms with Crippen molar-refractivity contribution in [2.45, 2.75) is 44.2 Å². The van der Waals surface area contributed by atoms with Crippen LogP contribution >= 0.6 is 27.3 Å². The van der Waals surface area contributed by atoms with Crippen LogP contribution in [-0.4, -0.2) is 18.8 Å². The van der Waals surface area contributed by atoms with E-state index in [0.717, 1.165) is 25.9 Å². The van der Waals surface area contributed by atoms with E-state index in [1.54, 1.807) is 11.3 Å². The lowest BCUT2D eigenvalue weighted by Gasteiger charge is -2.17. The number of hydrogen-bond acceptors (Lipinski definition) is 4. The van der Waals surface area contributed by atoms with E-state index in [1.165, 1.54) is 21.5 Å². The average Bonchev–Trinajstić information content (AvgIpc) is 2.96. The van der Waals surface area contributed by atoms with Crippen molar-refractivity contribution in [2.75, 3.05) is 6.61 Å². The zero-order valence-electron chi connectivity index (χ0n) is 9.82. The first kappa shape index (κ1) is 13.5. The van der Waals surface area contributed by atoms with E-state index in [9.17, 15) is 0 Å². The van der Waals surface area contributed by atoms with Crippen molar-refractivity contribution in [3.8, 4) is 0 Å². The largest absolute Gasteiger partial charge is 0.378 e. The van der Waals surface area contributed by atoms with Crippen LogP contribution in [0.25, 0.3) is 0 Å². The molecule has 0 radical (unpaired) electrons. The zero-order chi connectivity index (χ0) is 12.1. The molecule has 0 aliphatic carbocycles. The summed E-state index contributed by atoms with van der Waals surface area (Å²) in [7, 11) is 0. The van der Waals surface area contributed by atoms with Crippen LogP contribution in [0.4, 0.5) is 0 Å². The minimum Gasteiger partial charge on any atom is -0.378 e. The van der Waals surface area contributed by atoms with Crippen LogP contribution in [0.2, 0.25) is 0 Å². The fourth-order valence-electron chi connectivity index (χ4n) is 2.21. The number of nitrogens with two attached hydrogens (primary N) is 1. The highest BCUT2D eigenvalue weighted by atomic mass is 79.9. The molecule has 5 heteroatoms. The second kappa shape index (κ2) is 6.85. The smallest absolute Gasteiger partial charge is 0.0701 e. The van der Waals surface area contributed by atoms with E-state index in [4.69, 9.17) is 10.6 Å². The standard InChI is InChI=1S/C12H19BrN2OS/c13-12-6-5-11(17-12)8-9(15-14)3-4-10-2-1-7-16-10/h5-6,9-10,15H,1-4,7-8,14H2. The second-order valence-electron chi connectivity index (χ2n) is 4.49. The van der Waals surface area contributed by atoms with Gasteiger partial charge in [0.1, 0.15) is 0 Å². The Kier molecular flexibility index (Phi) is 5.44. The second-order valence-corrected chi connectivity index (χ2v) is 7.03. The lowest BCUT2D eigenvalue weighted by atomic mass is 10.0. The van der Waals surface area contributed by atoms with Crippen molar-refractivity contribution in [2.24, 2.45) is 5.84 Å². The van der Waals surface area contributed by atoms with Gasteiger partial charge in [-0.1, -0.05) is 0 Å². The molecule has 2 unspecified atom stereocenters. The molecular weight excluding hydrogens is 300 g/mol. The monoisotopic (exact) mass is 318 g/mol. The summed E-state index contributed by atoms with van der Waals surface area (Å²) in [4.78, 5) is 1.37. The Morgan fingerprint density at radius 2 is 2.47 bits per heavy atom. The third-order valence-corrected chi connectivity index (χ3v) is 4.82. The summed E-state index contributed by atoms with van der Waals surface area (Å²) >= 11 is 5.26. The molecule has 0 amide bonds. The molecule has 17 heavy (non-hydrogen) atoms. The number of rotatable bonds is 6. The van der Waals surface area contributed by atoms with Gasteiger partial charge in [-0.25, -0.2) is 0 Å². The Bertz CT molecular complexity index is 339. The predicted octanol–water partition coefficient (Wildman–Crippen LogP) is 2.84. The first-order valence-corrected chi connectivity index (χ1v) is 7.71. The molecule has 0 spiro atoms. The zero-order valence-corrected chi connectivity index (χ0v) is 12.2. The Hall–Kier alpha value is 0.0600. The van der Waals surface area contributed by atoms with Gasteiger partial charge in [-0.2, -0.15) is 0 Å². The Morgan fingerprint density at radius 1 is 1.59 bits per heavy atom. The summed E-state index contributed by atoms with van der Waals surface area (Å²) in [5, 5.41) is 0. The SMILES string of the molecule is NNC(CCC1CCCO1)Cc1ccc(Br)s1. The van der Waals surface area contributed by atoms with Gasteiger partial charge >= 0.3 is 0 Å². The van der Waals surface area contributed by atoms with Crippen LogP contribution in [0.3, 0.4) is 0 Å². The summed E-state index contributed by atoms with van der Waals surface area (Å²) in [6, 6.07) is 4.60. The number of ether oxygens (including phenoxy) is 1. The van der Waals surface area contributed by atoms with Crippen LogP contribution in [0.5, 0.6) is 0 Å². The minimum absolute atomic E-state index is 0.352. The van der Waals surface area contributed by atoms with Crippen molar-refractivity contribution in [3.63, 3.8) is 0 Å². The van der Waals surface area contributed by atoms with Gasteiger partial charge < -0.3 is 4.74 Å². The molecule has 0 saturated carbocycles. The Morgan fingerprint density at radius 3 is 3.06 bits per heavy atom. The normalized spacial score (nSPS) is 21.9. The molecule has 0 aromatic carbocycles. The first-order valence-electron chi connectivity index (χ1n) is 6.10. The number of hydrazine groups is 1. The molecule has 2 rings (SSSR count). The van der Waals surface area contributed by atoms with E-state index in [0.29, 0.717) is 12.1 Å². The van der Waals surface area contributed by atoms with Gasteiger partial charge in [0.15, 0.2) is 0 Å². The molecule has 2 heterocycles. The molecule has 3 nitrogen and oxygen atoms in total. The topological polar surface area (TPSA) is 47.3 Å². The molecule has 96 valence electrons. The van der Waals surface area contributed by atoms with Gasteiger partial charge in [0.2, 0.25) is 0 Å². The molecule has 1 saturated heterocycles. The van der Waals surface area contributed by atoms with Crippen LogP contribution < -0.4 is 11.3 Å². The Balaban J connectivity index is 1.75. The summed E-state index contributed by atoms with van der Waals surface area (Å²) in [6.45, 7) is 0.934. The maximum Gasteiger partial charge on any atom is 0.0701 e. The van der Waals surface area contributed by atoms with E-state index in [2.05, 4.69) is 33.5 Å². The predicted molar refractivity (Wildman–Crippen MR) is 75.0 cm³/mol. The van der Waals surface area contributed by atoms with Crippen molar-refractivity contribution in [3.05, 3.63) is 20.8 Å². The highest BCUT2D eigenvalue weighted by Crippen LogP contribution is 2.24. The molecule has 1 fully saturated rings. The van der Waals surface area contributed by atoms with Gasteiger partial charge in [0.05, 0.1) is 9.89 Å². The maximum atomic E-state index is 5.63. The quantitative estimate of drug-likeness (QED) is 0.626. The van der Waals surface area contributed by atoms with Crippen molar-refractivity contribution >= 4 is 27.3 Å². The molecule has 1 aromatic heterocycles. The fraction of sp³-hybridized carbons (Fsp3) is 0.667. The van der Waals surface area contributed by atoms with Gasteiger partial charge in [0, 0.05) is 17.5 Å². The number of thiophene rings is 1. The van der Waals surface area contributed by atoms with Gasteiger partial charge in [-0.15, -0.1) is 11.3 Å². The fourth-order valence-corrected chi connectivity index (χ4v) is 3.77. The lowest BCUT2D eigenvalue weighted by Crippen LogP contribution is -2.37. The Labute approximate surface area is 115 Å². The van der Waals surface area contributed by atoms with Crippen LogP contribution in [-0.2, 0) is 11.2 Å². The molecule has 2 atom stereocenters. The van der Waals surface area contributed by atoms with Crippen molar-refractivity contribution in [1.82, 2.24) is 5.43 Å². The van der Waals surface area contributed by atoms with Crippen LogP contribution in [0.15, 0.2) is 15.9 Å². The van der Waals surface area contributed by atoms with Gasteiger partial charge in [-0.05, 0) is 60.2 Å². The molecule has 1 aliphatic heterocycles. The average molecular weight is 319 g/mol. The highest BCUT2D eigenvalue weighted by molar-refractivity contribution is 9.11. The van der Waals surface area contributed by atoms with E-state index >= 15 is 0 Å². The first-order chi connectivity index (χ1) is 8.28. The van der Waals surface area contributed by atoms with Gasteiger partial charge in [-0.3, -0.25) is 11.3 Å². The molecule has 3 N–H and O–H groups in total.